The second-order valence-electron chi connectivity index (χ2n) is 6.50. The van der Waals surface area contributed by atoms with Crippen molar-refractivity contribution in [2.45, 2.75) is 45.6 Å². The molecule has 1 aromatic heterocycles. The standard InChI is InChI=1S/C20H29NO2/c1-16(2)6-9-18(20-5-4-14-23-20)12-13-21-15-17-7-10-19(22-3)11-8-17/h4-5,7-8,10-11,14,16,18,21H,6,9,12-13,15H2,1-3H3. The van der Waals surface area contributed by atoms with Gasteiger partial charge in [0.05, 0.1) is 13.4 Å². The summed E-state index contributed by atoms with van der Waals surface area (Å²) in [5.74, 6) is 3.27. The fourth-order valence-electron chi connectivity index (χ4n) is 2.74. The van der Waals surface area contributed by atoms with Crippen LogP contribution in [0.2, 0.25) is 0 Å². The van der Waals surface area contributed by atoms with Crippen LogP contribution in [0.4, 0.5) is 0 Å². The first-order chi connectivity index (χ1) is 11.2. The lowest BCUT2D eigenvalue weighted by atomic mass is 9.93. The number of ether oxygens (including phenoxy) is 1. The normalized spacial score (nSPS) is 12.5. The van der Waals surface area contributed by atoms with E-state index in [1.54, 1.807) is 13.4 Å². The lowest BCUT2D eigenvalue weighted by Gasteiger charge is -2.16. The lowest BCUT2D eigenvalue weighted by Crippen LogP contribution is -2.17. The topological polar surface area (TPSA) is 34.4 Å². The fourth-order valence-corrected chi connectivity index (χ4v) is 2.74. The molecule has 0 fully saturated rings. The van der Waals surface area contributed by atoms with Gasteiger partial charge in [0.2, 0.25) is 0 Å². The van der Waals surface area contributed by atoms with E-state index in [9.17, 15) is 0 Å². The predicted octanol–water partition coefficient (Wildman–Crippen LogP) is 4.99. The summed E-state index contributed by atoms with van der Waals surface area (Å²) in [6.45, 7) is 6.44. The molecule has 126 valence electrons. The minimum atomic E-state index is 0.510. The molecule has 3 nitrogen and oxygen atoms in total. The molecule has 23 heavy (non-hydrogen) atoms. The second kappa shape index (κ2) is 9.41. The van der Waals surface area contributed by atoms with E-state index >= 15 is 0 Å². The van der Waals surface area contributed by atoms with Gasteiger partial charge in [-0.05, 0) is 55.1 Å². The second-order valence-corrected chi connectivity index (χ2v) is 6.50. The van der Waals surface area contributed by atoms with Crippen LogP contribution in [0, 0.1) is 5.92 Å². The van der Waals surface area contributed by atoms with Gasteiger partial charge in [-0.25, -0.2) is 0 Å². The molecule has 2 aromatic rings. The van der Waals surface area contributed by atoms with E-state index in [1.165, 1.54) is 18.4 Å². The third-order valence-corrected chi connectivity index (χ3v) is 4.20. The average Bonchev–Trinajstić information content (AvgIpc) is 3.09. The Morgan fingerprint density at radius 1 is 1.04 bits per heavy atom. The van der Waals surface area contributed by atoms with Crippen LogP contribution in [0.25, 0.3) is 0 Å². The number of nitrogens with one attached hydrogen (secondary N) is 1. The number of benzene rings is 1. The molecule has 0 bridgehead atoms. The summed E-state index contributed by atoms with van der Waals surface area (Å²) in [5.41, 5.74) is 1.28. The molecule has 0 amide bonds. The number of furan rings is 1. The zero-order valence-corrected chi connectivity index (χ0v) is 14.5. The molecule has 1 heterocycles. The molecule has 0 saturated heterocycles. The van der Waals surface area contributed by atoms with Crippen molar-refractivity contribution in [1.29, 1.82) is 0 Å². The van der Waals surface area contributed by atoms with E-state index < -0.39 is 0 Å². The van der Waals surface area contributed by atoms with Crippen molar-refractivity contribution in [1.82, 2.24) is 5.32 Å². The van der Waals surface area contributed by atoms with Gasteiger partial charge in [0, 0.05) is 12.5 Å². The van der Waals surface area contributed by atoms with Gasteiger partial charge >= 0.3 is 0 Å². The summed E-state index contributed by atoms with van der Waals surface area (Å²) in [5, 5.41) is 3.54. The molecule has 0 spiro atoms. The molecule has 0 aliphatic heterocycles. The van der Waals surface area contributed by atoms with E-state index in [0.717, 1.165) is 36.9 Å². The highest BCUT2D eigenvalue weighted by Crippen LogP contribution is 2.26. The monoisotopic (exact) mass is 315 g/mol. The highest BCUT2D eigenvalue weighted by atomic mass is 16.5. The number of hydrogen-bond donors (Lipinski definition) is 1. The highest BCUT2D eigenvalue weighted by Gasteiger charge is 2.14. The van der Waals surface area contributed by atoms with Crippen LogP contribution in [-0.2, 0) is 6.54 Å². The summed E-state index contributed by atoms with van der Waals surface area (Å²) in [6, 6.07) is 12.3. The maximum atomic E-state index is 5.63. The Morgan fingerprint density at radius 2 is 1.83 bits per heavy atom. The zero-order valence-electron chi connectivity index (χ0n) is 14.5. The number of methoxy groups -OCH3 is 1. The summed E-state index contributed by atoms with van der Waals surface area (Å²) >= 11 is 0. The van der Waals surface area contributed by atoms with Crippen LogP contribution in [0.1, 0.15) is 50.4 Å². The maximum Gasteiger partial charge on any atom is 0.118 e. The average molecular weight is 315 g/mol. The van der Waals surface area contributed by atoms with E-state index in [0.29, 0.717) is 5.92 Å². The Kier molecular flexibility index (Phi) is 7.21. The van der Waals surface area contributed by atoms with Crippen LogP contribution in [0.3, 0.4) is 0 Å². The molecule has 0 aliphatic rings. The first kappa shape index (κ1) is 17.6. The Labute approximate surface area is 140 Å². The molecule has 2 rings (SSSR count). The third kappa shape index (κ3) is 6.11. The minimum absolute atomic E-state index is 0.510. The van der Waals surface area contributed by atoms with Crippen molar-refractivity contribution in [2.75, 3.05) is 13.7 Å². The van der Waals surface area contributed by atoms with Crippen LogP contribution in [0.15, 0.2) is 47.1 Å². The van der Waals surface area contributed by atoms with Gasteiger partial charge in [0.15, 0.2) is 0 Å². The maximum absolute atomic E-state index is 5.63. The zero-order chi connectivity index (χ0) is 16.5. The summed E-state index contributed by atoms with van der Waals surface area (Å²) < 4.78 is 10.8. The summed E-state index contributed by atoms with van der Waals surface area (Å²) in [6.07, 6.45) is 5.32. The molecule has 1 aromatic carbocycles. The van der Waals surface area contributed by atoms with Gasteiger partial charge in [-0.1, -0.05) is 32.4 Å². The van der Waals surface area contributed by atoms with Gasteiger partial charge < -0.3 is 14.5 Å². The molecule has 1 N–H and O–H groups in total. The molecular weight excluding hydrogens is 286 g/mol. The van der Waals surface area contributed by atoms with Gasteiger partial charge in [-0.15, -0.1) is 0 Å². The summed E-state index contributed by atoms with van der Waals surface area (Å²) in [4.78, 5) is 0. The van der Waals surface area contributed by atoms with E-state index in [-0.39, 0.29) is 0 Å². The Bertz CT molecular complexity index is 531. The van der Waals surface area contributed by atoms with Crippen molar-refractivity contribution in [2.24, 2.45) is 5.92 Å². The molecule has 0 saturated carbocycles. The first-order valence-corrected chi connectivity index (χ1v) is 8.56. The number of rotatable bonds is 10. The van der Waals surface area contributed by atoms with Crippen LogP contribution in [-0.4, -0.2) is 13.7 Å². The van der Waals surface area contributed by atoms with Gasteiger partial charge in [0.1, 0.15) is 11.5 Å². The fraction of sp³-hybridized carbons (Fsp3) is 0.500. The van der Waals surface area contributed by atoms with E-state index in [1.807, 2.05) is 18.2 Å². The Balaban J connectivity index is 1.76. The first-order valence-electron chi connectivity index (χ1n) is 8.56. The van der Waals surface area contributed by atoms with Gasteiger partial charge in [-0.3, -0.25) is 0 Å². The summed E-state index contributed by atoms with van der Waals surface area (Å²) in [7, 11) is 1.69. The van der Waals surface area contributed by atoms with Crippen LogP contribution in [0.5, 0.6) is 5.75 Å². The van der Waals surface area contributed by atoms with Crippen molar-refractivity contribution in [3.63, 3.8) is 0 Å². The highest BCUT2D eigenvalue weighted by molar-refractivity contribution is 5.26. The van der Waals surface area contributed by atoms with Crippen molar-refractivity contribution in [3.8, 4) is 5.75 Å². The van der Waals surface area contributed by atoms with Crippen molar-refractivity contribution in [3.05, 3.63) is 54.0 Å². The SMILES string of the molecule is COc1ccc(CNCCC(CCC(C)C)c2ccco2)cc1. The van der Waals surface area contributed by atoms with Crippen molar-refractivity contribution >= 4 is 0 Å². The molecule has 1 atom stereocenters. The largest absolute Gasteiger partial charge is 0.497 e. The third-order valence-electron chi connectivity index (χ3n) is 4.20. The molecule has 3 heteroatoms. The molecular formula is C20H29NO2. The van der Waals surface area contributed by atoms with Gasteiger partial charge in [-0.2, -0.15) is 0 Å². The minimum Gasteiger partial charge on any atom is -0.497 e. The van der Waals surface area contributed by atoms with Gasteiger partial charge in [0.25, 0.3) is 0 Å². The van der Waals surface area contributed by atoms with E-state index in [2.05, 4.69) is 37.4 Å². The van der Waals surface area contributed by atoms with Crippen LogP contribution >= 0.6 is 0 Å². The number of hydrogen-bond acceptors (Lipinski definition) is 3. The Morgan fingerprint density at radius 3 is 2.43 bits per heavy atom. The Hall–Kier alpha value is -1.74. The van der Waals surface area contributed by atoms with Crippen LogP contribution < -0.4 is 10.1 Å². The molecule has 0 radical (unpaired) electrons. The molecule has 0 aliphatic carbocycles. The molecule has 1 unspecified atom stereocenters. The van der Waals surface area contributed by atoms with Crippen molar-refractivity contribution < 1.29 is 9.15 Å². The van der Waals surface area contributed by atoms with E-state index in [4.69, 9.17) is 9.15 Å². The predicted molar refractivity (Wildman–Crippen MR) is 94.8 cm³/mol. The quantitative estimate of drug-likeness (QED) is 0.627. The smallest absolute Gasteiger partial charge is 0.118 e. The lowest BCUT2D eigenvalue weighted by molar-refractivity contribution is 0.397.